The van der Waals surface area contributed by atoms with E-state index in [1.807, 2.05) is 25.1 Å². The molecule has 3 nitrogen and oxygen atoms in total. The smallest absolute Gasteiger partial charge is 0.227 e. The second-order valence-corrected chi connectivity index (χ2v) is 6.22. The van der Waals surface area contributed by atoms with Crippen LogP contribution in [-0.4, -0.2) is 17.6 Å². The molecule has 1 aromatic carbocycles. The van der Waals surface area contributed by atoms with E-state index < -0.39 is 0 Å². The van der Waals surface area contributed by atoms with Crippen molar-refractivity contribution in [2.24, 2.45) is 17.8 Å². The van der Waals surface area contributed by atoms with Crippen LogP contribution in [0.4, 0.5) is 5.69 Å². The van der Waals surface area contributed by atoms with Crippen LogP contribution < -0.4 is 5.32 Å². The van der Waals surface area contributed by atoms with Gasteiger partial charge in [-0.1, -0.05) is 11.8 Å². The fourth-order valence-corrected chi connectivity index (χ4v) is 3.27. The zero-order valence-electron chi connectivity index (χ0n) is 12.4. The molecule has 2 aliphatic carbocycles. The lowest BCUT2D eigenvalue weighted by molar-refractivity contribution is -0.120. The largest absolute Gasteiger partial charge is 0.395 e. The van der Waals surface area contributed by atoms with E-state index in [1.165, 1.54) is 6.42 Å². The molecule has 3 rings (SSSR count). The zero-order chi connectivity index (χ0) is 14.8. The minimum Gasteiger partial charge on any atom is -0.395 e. The molecule has 21 heavy (non-hydrogen) atoms. The first-order valence-corrected chi connectivity index (χ1v) is 7.68. The molecule has 3 heteroatoms. The molecule has 0 aliphatic heterocycles. The molecule has 0 aromatic heterocycles. The summed E-state index contributed by atoms with van der Waals surface area (Å²) in [4.78, 5) is 12.3. The van der Waals surface area contributed by atoms with Gasteiger partial charge in [0.25, 0.3) is 0 Å². The van der Waals surface area contributed by atoms with E-state index in [0.717, 1.165) is 41.5 Å². The fraction of sp³-hybridized carbons (Fsp3) is 0.500. The number of hydrogen-bond acceptors (Lipinski definition) is 2. The van der Waals surface area contributed by atoms with Crippen molar-refractivity contribution in [2.75, 3.05) is 11.9 Å². The second-order valence-electron chi connectivity index (χ2n) is 6.22. The average Bonchev–Trinajstić information content (AvgIpc) is 3.08. The van der Waals surface area contributed by atoms with Crippen LogP contribution in [0.25, 0.3) is 0 Å². The van der Waals surface area contributed by atoms with E-state index in [0.29, 0.717) is 6.42 Å². The first kappa shape index (κ1) is 14.2. The van der Waals surface area contributed by atoms with Gasteiger partial charge in [-0.2, -0.15) is 0 Å². The standard InChI is InChI=1S/C18H21NO2/c1-12-8-13(4-2-3-7-20)5-6-17(12)19-18(21)16-10-14-9-15(14)11-16/h5-6,8,14-16,20H,3,7,9-11H2,1H3,(H,19,21). The zero-order valence-corrected chi connectivity index (χ0v) is 12.4. The lowest BCUT2D eigenvalue weighted by Crippen LogP contribution is -2.22. The van der Waals surface area contributed by atoms with Crippen LogP contribution in [-0.2, 0) is 4.79 Å². The number of aliphatic hydroxyl groups excluding tert-OH is 1. The van der Waals surface area contributed by atoms with Crippen LogP contribution in [0.1, 0.15) is 36.8 Å². The van der Waals surface area contributed by atoms with Crippen LogP contribution in [0.15, 0.2) is 18.2 Å². The van der Waals surface area contributed by atoms with Gasteiger partial charge >= 0.3 is 0 Å². The molecule has 2 fully saturated rings. The van der Waals surface area contributed by atoms with Crippen molar-refractivity contribution in [3.8, 4) is 11.8 Å². The first-order chi connectivity index (χ1) is 10.2. The van der Waals surface area contributed by atoms with Gasteiger partial charge in [0.2, 0.25) is 5.91 Å². The number of benzene rings is 1. The van der Waals surface area contributed by atoms with Crippen LogP contribution in [0, 0.1) is 36.5 Å². The van der Waals surface area contributed by atoms with Gasteiger partial charge in [-0.3, -0.25) is 4.79 Å². The highest BCUT2D eigenvalue weighted by molar-refractivity contribution is 5.93. The first-order valence-electron chi connectivity index (χ1n) is 7.68. The average molecular weight is 283 g/mol. The normalized spacial score (nSPS) is 25.7. The third kappa shape index (κ3) is 3.28. The Morgan fingerprint density at radius 2 is 2.10 bits per heavy atom. The number of rotatable bonds is 3. The van der Waals surface area contributed by atoms with Crippen LogP contribution in [0.5, 0.6) is 0 Å². The van der Waals surface area contributed by atoms with Crippen molar-refractivity contribution < 1.29 is 9.90 Å². The Labute approximate surface area is 125 Å². The maximum atomic E-state index is 12.3. The number of carbonyl (C=O) groups excluding carboxylic acids is 1. The SMILES string of the molecule is Cc1cc(C#CCCO)ccc1NC(=O)C1CC2CC2C1. The third-order valence-corrected chi connectivity index (χ3v) is 4.57. The third-order valence-electron chi connectivity index (χ3n) is 4.57. The lowest BCUT2D eigenvalue weighted by atomic mass is 10.0. The molecule has 2 N–H and O–H groups in total. The Morgan fingerprint density at radius 3 is 2.76 bits per heavy atom. The maximum Gasteiger partial charge on any atom is 0.227 e. The molecule has 0 heterocycles. The van der Waals surface area contributed by atoms with Gasteiger partial charge in [0.15, 0.2) is 0 Å². The summed E-state index contributed by atoms with van der Waals surface area (Å²) in [6.07, 6.45) is 3.96. The summed E-state index contributed by atoms with van der Waals surface area (Å²) < 4.78 is 0. The van der Waals surface area contributed by atoms with Gasteiger partial charge in [0.05, 0.1) is 6.61 Å². The number of amides is 1. The van der Waals surface area contributed by atoms with Gasteiger partial charge in [0, 0.05) is 23.6 Å². The molecule has 2 atom stereocenters. The van der Waals surface area contributed by atoms with Gasteiger partial charge in [0.1, 0.15) is 0 Å². The van der Waals surface area contributed by atoms with E-state index in [1.54, 1.807) is 0 Å². The van der Waals surface area contributed by atoms with E-state index in [2.05, 4.69) is 17.2 Å². The van der Waals surface area contributed by atoms with E-state index in [-0.39, 0.29) is 18.4 Å². The summed E-state index contributed by atoms with van der Waals surface area (Å²) in [5, 5.41) is 11.8. The predicted octanol–water partition coefficient (Wildman–Crippen LogP) is 2.71. The van der Waals surface area contributed by atoms with Crippen molar-refractivity contribution >= 4 is 11.6 Å². The topological polar surface area (TPSA) is 49.3 Å². The van der Waals surface area contributed by atoms with Crippen LogP contribution in [0.2, 0.25) is 0 Å². The van der Waals surface area contributed by atoms with Crippen molar-refractivity contribution in [3.63, 3.8) is 0 Å². The highest BCUT2D eigenvalue weighted by atomic mass is 16.2. The molecular weight excluding hydrogens is 262 g/mol. The number of aliphatic hydroxyl groups is 1. The van der Waals surface area contributed by atoms with E-state index >= 15 is 0 Å². The Hall–Kier alpha value is -1.79. The maximum absolute atomic E-state index is 12.3. The molecule has 1 aromatic rings. The Kier molecular flexibility index (Phi) is 3.98. The van der Waals surface area contributed by atoms with Crippen molar-refractivity contribution in [2.45, 2.75) is 32.6 Å². The number of anilines is 1. The van der Waals surface area contributed by atoms with E-state index in [4.69, 9.17) is 5.11 Å². The second kappa shape index (κ2) is 5.91. The number of hydrogen-bond donors (Lipinski definition) is 2. The molecular formula is C18H21NO2. The molecule has 1 amide bonds. The number of nitrogens with one attached hydrogen (secondary N) is 1. The van der Waals surface area contributed by atoms with Gasteiger partial charge < -0.3 is 10.4 Å². The predicted molar refractivity (Wildman–Crippen MR) is 82.7 cm³/mol. The molecule has 2 saturated carbocycles. The lowest BCUT2D eigenvalue weighted by Gasteiger charge is -2.14. The summed E-state index contributed by atoms with van der Waals surface area (Å²) in [5.74, 6) is 7.94. The number of fused-ring (bicyclic) bond motifs is 1. The molecule has 0 saturated heterocycles. The Bertz CT molecular complexity index is 601. The van der Waals surface area contributed by atoms with Crippen LogP contribution in [0.3, 0.4) is 0 Å². The molecule has 0 radical (unpaired) electrons. The van der Waals surface area contributed by atoms with Crippen molar-refractivity contribution in [1.82, 2.24) is 0 Å². The van der Waals surface area contributed by atoms with Crippen molar-refractivity contribution in [3.05, 3.63) is 29.3 Å². The van der Waals surface area contributed by atoms with Crippen molar-refractivity contribution in [1.29, 1.82) is 0 Å². The minimum atomic E-state index is 0.0868. The van der Waals surface area contributed by atoms with E-state index in [9.17, 15) is 4.79 Å². The number of carbonyl (C=O) groups is 1. The summed E-state index contributed by atoms with van der Waals surface area (Å²) in [5.41, 5.74) is 2.83. The van der Waals surface area contributed by atoms with Gasteiger partial charge in [-0.15, -0.1) is 0 Å². The number of aryl methyl sites for hydroxylation is 1. The van der Waals surface area contributed by atoms with Gasteiger partial charge in [-0.25, -0.2) is 0 Å². The highest BCUT2D eigenvalue weighted by Gasteiger charge is 2.47. The fourth-order valence-electron chi connectivity index (χ4n) is 3.27. The quantitative estimate of drug-likeness (QED) is 0.838. The molecule has 2 aliphatic rings. The van der Waals surface area contributed by atoms with Gasteiger partial charge in [-0.05, 0) is 61.8 Å². The van der Waals surface area contributed by atoms with Crippen LogP contribution >= 0.6 is 0 Å². The monoisotopic (exact) mass is 283 g/mol. The minimum absolute atomic E-state index is 0.0868. The summed E-state index contributed by atoms with van der Waals surface area (Å²) in [6.45, 7) is 2.07. The molecule has 0 spiro atoms. The summed E-state index contributed by atoms with van der Waals surface area (Å²) >= 11 is 0. The Morgan fingerprint density at radius 1 is 1.33 bits per heavy atom. The molecule has 2 unspecified atom stereocenters. The molecule has 0 bridgehead atoms. The Balaban J connectivity index is 1.63. The highest BCUT2D eigenvalue weighted by Crippen LogP contribution is 2.54. The summed E-state index contributed by atoms with van der Waals surface area (Å²) in [6, 6.07) is 5.82. The molecule has 110 valence electrons. The summed E-state index contributed by atoms with van der Waals surface area (Å²) in [7, 11) is 0.